The number of hydrogen-bond acceptors (Lipinski definition) is 5. The van der Waals surface area contributed by atoms with Crippen molar-refractivity contribution in [2.24, 2.45) is 0 Å². The number of benzene rings is 1. The normalized spacial score (nSPS) is 10.7. The fourth-order valence-corrected chi connectivity index (χ4v) is 3.01. The van der Waals surface area contributed by atoms with Crippen LogP contribution in [0.25, 0.3) is 10.1 Å². The second-order valence-electron chi connectivity index (χ2n) is 4.21. The molecule has 0 bridgehead atoms. The number of thiophene rings is 1. The summed E-state index contributed by atoms with van der Waals surface area (Å²) >= 11 is 1.27. The van der Waals surface area contributed by atoms with Crippen LogP contribution in [-0.2, 0) is 16.1 Å². The molecule has 0 fully saturated rings. The number of aromatic carboxylic acids is 1. The van der Waals surface area contributed by atoms with Crippen molar-refractivity contribution in [3.63, 3.8) is 0 Å². The van der Waals surface area contributed by atoms with Gasteiger partial charge in [-0.25, -0.2) is 4.79 Å². The minimum Gasteiger partial charge on any atom is -0.477 e. The summed E-state index contributed by atoms with van der Waals surface area (Å²) in [6.07, 6.45) is 0.265. The van der Waals surface area contributed by atoms with E-state index in [0.29, 0.717) is 18.0 Å². The minimum absolute atomic E-state index is 0.265. The van der Waals surface area contributed by atoms with E-state index in [1.54, 1.807) is 0 Å². The van der Waals surface area contributed by atoms with Crippen LogP contribution in [0.2, 0.25) is 0 Å². The lowest BCUT2D eigenvalue weighted by Crippen LogP contribution is -2.19. The summed E-state index contributed by atoms with van der Waals surface area (Å²) in [5.74, 6) is -1.21. The molecule has 2 N–H and O–H groups in total. The van der Waals surface area contributed by atoms with Crippen LogP contribution in [0.5, 0.6) is 0 Å². The molecular formula is C14H15NO4S. The third-order valence-electron chi connectivity index (χ3n) is 2.93. The number of fused-ring (bicyclic) bond motifs is 1. The standard InChI is InChI=1S/C14H15NO4S/c1-19-12(16)6-7-15-8-10-9-4-2-3-5-11(9)20-13(10)14(17)18/h2-5,15H,6-8H2,1H3,(H,17,18). The van der Waals surface area contributed by atoms with Crippen LogP contribution in [0.3, 0.4) is 0 Å². The third kappa shape index (κ3) is 3.15. The molecule has 0 saturated heterocycles. The Labute approximate surface area is 120 Å². The highest BCUT2D eigenvalue weighted by molar-refractivity contribution is 7.21. The molecule has 0 aliphatic carbocycles. The Bertz CT molecular complexity index is 635. The zero-order valence-electron chi connectivity index (χ0n) is 11.0. The third-order valence-corrected chi connectivity index (χ3v) is 4.13. The molecule has 0 saturated carbocycles. The number of nitrogens with one attached hydrogen (secondary N) is 1. The van der Waals surface area contributed by atoms with Gasteiger partial charge in [0.2, 0.25) is 0 Å². The lowest BCUT2D eigenvalue weighted by atomic mass is 10.1. The maximum Gasteiger partial charge on any atom is 0.346 e. The Morgan fingerprint density at radius 1 is 1.35 bits per heavy atom. The van der Waals surface area contributed by atoms with Gasteiger partial charge < -0.3 is 15.2 Å². The number of carbonyl (C=O) groups is 2. The quantitative estimate of drug-likeness (QED) is 0.631. The first-order valence-electron chi connectivity index (χ1n) is 6.14. The zero-order chi connectivity index (χ0) is 14.5. The fourth-order valence-electron chi connectivity index (χ4n) is 1.95. The van der Waals surface area contributed by atoms with Crippen molar-refractivity contribution >= 4 is 33.4 Å². The highest BCUT2D eigenvalue weighted by atomic mass is 32.1. The summed E-state index contributed by atoms with van der Waals surface area (Å²) in [5, 5.41) is 13.3. The van der Waals surface area contributed by atoms with E-state index in [9.17, 15) is 14.7 Å². The molecular weight excluding hydrogens is 278 g/mol. The number of hydrogen-bond donors (Lipinski definition) is 2. The van der Waals surface area contributed by atoms with Gasteiger partial charge >= 0.3 is 11.9 Å². The SMILES string of the molecule is COC(=O)CCNCc1c(C(=O)O)sc2ccccc12. The lowest BCUT2D eigenvalue weighted by molar-refractivity contribution is -0.140. The van der Waals surface area contributed by atoms with Crippen molar-refractivity contribution in [3.8, 4) is 0 Å². The Morgan fingerprint density at radius 2 is 2.10 bits per heavy atom. The van der Waals surface area contributed by atoms with Gasteiger partial charge in [-0.2, -0.15) is 0 Å². The molecule has 1 aromatic carbocycles. The number of esters is 1. The summed E-state index contributed by atoms with van der Waals surface area (Å²) in [6.45, 7) is 0.874. The molecule has 0 aliphatic rings. The van der Waals surface area contributed by atoms with Crippen LogP contribution >= 0.6 is 11.3 Å². The van der Waals surface area contributed by atoms with Gasteiger partial charge in [0.25, 0.3) is 0 Å². The number of rotatable bonds is 6. The van der Waals surface area contributed by atoms with E-state index in [1.165, 1.54) is 18.4 Å². The molecule has 0 unspecified atom stereocenters. The van der Waals surface area contributed by atoms with E-state index in [2.05, 4.69) is 10.1 Å². The monoisotopic (exact) mass is 293 g/mol. The molecule has 6 heteroatoms. The van der Waals surface area contributed by atoms with Crippen LogP contribution in [0, 0.1) is 0 Å². The van der Waals surface area contributed by atoms with E-state index in [1.807, 2.05) is 24.3 Å². The van der Waals surface area contributed by atoms with Gasteiger partial charge in [0.15, 0.2) is 0 Å². The van der Waals surface area contributed by atoms with Crippen molar-refractivity contribution in [2.45, 2.75) is 13.0 Å². The molecule has 2 aromatic rings. The van der Waals surface area contributed by atoms with E-state index < -0.39 is 5.97 Å². The molecule has 0 spiro atoms. The molecule has 1 aromatic heterocycles. The smallest absolute Gasteiger partial charge is 0.346 e. The van der Waals surface area contributed by atoms with Crippen LogP contribution in [0.4, 0.5) is 0 Å². The van der Waals surface area contributed by atoms with Gasteiger partial charge in [-0.15, -0.1) is 11.3 Å². The predicted molar refractivity (Wildman–Crippen MR) is 77.1 cm³/mol. The van der Waals surface area contributed by atoms with Crippen molar-refractivity contribution in [3.05, 3.63) is 34.7 Å². The molecule has 0 atom stereocenters. The number of ether oxygens (including phenoxy) is 1. The van der Waals surface area contributed by atoms with Gasteiger partial charge in [0.1, 0.15) is 4.88 Å². The predicted octanol–water partition coefficient (Wildman–Crippen LogP) is 2.25. The molecule has 20 heavy (non-hydrogen) atoms. The van der Waals surface area contributed by atoms with Crippen LogP contribution in [-0.4, -0.2) is 30.7 Å². The summed E-state index contributed by atoms with van der Waals surface area (Å²) in [5.41, 5.74) is 0.767. The summed E-state index contributed by atoms with van der Waals surface area (Å²) in [6, 6.07) is 7.59. The van der Waals surface area contributed by atoms with Crippen LogP contribution in [0.1, 0.15) is 21.7 Å². The summed E-state index contributed by atoms with van der Waals surface area (Å²) < 4.78 is 5.50. The lowest BCUT2D eigenvalue weighted by Gasteiger charge is -2.04. The summed E-state index contributed by atoms with van der Waals surface area (Å²) in [4.78, 5) is 22.6. The molecule has 5 nitrogen and oxygen atoms in total. The first-order chi connectivity index (χ1) is 9.63. The van der Waals surface area contributed by atoms with Crippen LogP contribution in [0.15, 0.2) is 24.3 Å². The second kappa shape index (κ2) is 6.49. The molecule has 0 amide bonds. The van der Waals surface area contributed by atoms with E-state index >= 15 is 0 Å². The first kappa shape index (κ1) is 14.5. The highest BCUT2D eigenvalue weighted by Crippen LogP contribution is 2.31. The Kier molecular flexibility index (Phi) is 4.70. The number of carboxylic acids is 1. The van der Waals surface area contributed by atoms with Crippen molar-refractivity contribution in [1.29, 1.82) is 0 Å². The second-order valence-corrected chi connectivity index (χ2v) is 5.27. The molecule has 0 aliphatic heterocycles. The van der Waals surface area contributed by atoms with E-state index in [-0.39, 0.29) is 12.4 Å². The van der Waals surface area contributed by atoms with Crippen molar-refractivity contribution in [2.75, 3.05) is 13.7 Å². The highest BCUT2D eigenvalue weighted by Gasteiger charge is 2.16. The maximum atomic E-state index is 11.3. The average molecular weight is 293 g/mol. The zero-order valence-corrected chi connectivity index (χ0v) is 11.8. The van der Waals surface area contributed by atoms with Crippen molar-refractivity contribution in [1.82, 2.24) is 5.32 Å². The number of carbonyl (C=O) groups excluding carboxylic acids is 1. The van der Waals surface area contributed by atoms with Gasteiger partial charge in [0, 0.05) is 17.8 Å². The average Bonchev–Trinajstić information content (AvgIpc) is 2.82. The topological polar surface area (TPSA) is 75.6 Å². The molecule has 0 radical (unpaired) electrons. The minimum atomic E-state index is -0.920. The molecule has 2 rings (SSSR count). The first-order valence-corrected chi connectivity index (χ1v) is 6.96. The van der Waals surface area contributed by atoms with Gasteiger partial charge in [-0.05, 0) is 17.0 Å². The number of carboxylic acid groups (broad SMARTS) is 1. The van der Waals surface area contributed by atoms with E-state index in [4.69, 9.17) is 0 Å². The van der Waals surface area contributed by atoms with E-state index in [0.717, 1.165) is 15.6 Å². The Balaban J connectivity index is 2.13. The maximum absolute atomic E-state index is 11.3. The van der Waals surface area contributed by atoms with Crippen molar-refractivity contribution < 1.29 is 19.4 Å². The molecule has 106 valence electrons. The van der Waals surface area contributed by atoms with Gasteiger partial charge in [0.05, 0.1) is 13.5 Å². The fraction of sp³-hybridized carbons (Fsp3) is 0.286. The Morgan fingerprint density at radius 3 is 2.80 bits per heavy atom. The summed E-state index contributed by atoms with van der Waals surface area (Å²) in [7, 11) is 1.34. The Hall–Kier alpha value is -1.92. The van der Waals surface area contributed by atoms with Crippen LogP contribution < -0.4 is 5.32 Å². The number of methoxy groups -OCH3 is 1. The largest absolute Gasteiger partial charge is 0.477 e. The van der Waals surface area contributed by atoms with Gasteiger partial charge in [-0.3, -0.25) is 4.79 Å². The van der Waals surface area contributed by atoms with Gasteiger partial charge in [-0.1, -0.05) is 18.2 Å². The molecule has 1 heterocycles.